The third-order valence-corrected chi connectivity index (χ3v) is 4.76. The van der Waals surface area contributed by atoms with Crippen LogP contribution in [0.3, 0.4) is 0 Å². The Morgan fingerprint density at radius 1 is 1.00 bits per heavy atom. The van der Waals surface area contributed by atoms with Gasteiger partial charge in [0.25, 0.3) is 0 Å². The highest BCUT2D eigenvalue weighted by Crippen LogP contribution is 2.27. The number of nitrogens with zero attached hydrogens (tertiary/aromatic N) is 2. The Morgan fingerprint density at radius 3 is 2.48 bits per heavy atom. The molecule has 0 saturated heterocycles. The molecule has 0 fully saturated rings. The second kappa shape index (κ2) is 7.72. The van der Waals surface area contributed by atoms with E-state index in [1.807, 2.05) is 55.5 Å². The summed E-state index contributed by atoms with van der Waals surface area (Å²) in [5.74, 6) is -0.620. The number of hydrogen-bond acceptors (Lipinski definition) is 4. The van der Waals surface area contributed by atoms with Crippen LogP contribution < -0.4 is 0 Å². The molecule has 0 bridgehead atoms. The van der Waals surface area contributed by atoms with Gasteiger partial charge in [-0.15, -0.1) is 0 Å². The van der Waals surface area contributed by atoms with Gasteiger partial charge in [-0.05, 0) is 44.2 Å². The van der Waals surface area contributed by atoms with Crippen LogP contribution >= 0.6 is 0 Å². The first-order valence-electron chi connectivity index (χ1n) is 9.44. The maximum atomic E-state index is 13.4. The summed E-state index contributed by atoms with van der Waals surface area (Å²) in [5.41, 5.74) is 4.44. The monoisotopic (exact) mass is 384 g/mol. The largest absolute Gasteiger partial charge is 0.462 e. The molecule has 0 aliphatic heterocycles. The van der Waals surface area contributed by atoms with Gasteiger partial charge in [0.2, 0.25) is 5.78 Å². The number of esters is 1. The first kappa shape index (κ1) is 18.6. The smallest absolute Gasteiger partial charge is 0.340 e. The summed E-state index contributed by atoms with van der Waals surface area (Å²) in [5, 5.41) is 0. The second-order valence-corrected chi connectivity index (χ2v) is 6.71. The number of pyridine rings is 2. The lowest BCUT2D eigenvalue weighted by molar-refractivity contribution is 0.0529. The Labute approximate surface area is 168 Å². The van der Waals surface area contributed by atoms with Crippen LogP contribution in [0.1, 0.15) is 38.9 Å². The highest BCUT2D eigenvalue weighted by atomic mass is 16.5. The SMILES string of the molecule is CCOC(=O)c1cc(C(=O)c2ccc(C)cc2)n2c(-c3ccccn3)cccc12. The summed E-state index contributed by atoms with van der Waals surface area (Å²) in [4.78, 5) is 30.3. The standard InChI is InChI=1S/C24H20N2O3/c1-3-29-24(28)18-15-22(23(27)17-12-10-16(2)11-13-17)26-20(18)8-6-9-21(26)19-7-4-5-14-25-19/h4-15H,3H2,1-2H3. The molecule has 0 spiro atoms. The van der Waals surface area contributed by atoms with E-state index in [-0.39, 0.29) is 12.4 Å². The fraction of sp³-hybridized carbons (Fsp3) is 0.125. The van der Waals surface area contributed by atoms with E-state index in [9.17, 15) is 9.59 Å². The van der Waals surface area contributed by atoms with Crippen LogP contribution in [0.2, 0.25) is 0 Å². The minimum absolute atomic E-state index is 0.168. The van der Waals surface area contributed by atoms with Crippen LogP contribution in [0.5, 0.6) is 0 Å². The number of ketones is 1. The zero-order valence-corrected chi connectivity index (χ0v) is 16.3. The fourth-order valence-electron chi connectivity index (χ4n) is 3.36. The topological polar surface area (TPSA) is 60.7 Å². The van der Waals surface area contributed by atoms with Crippen molar-refractivity contribution in [2.24, 2.45) is 0 Å². The van der Waals surface area contributed by atoms with Crippen molar-refractivity contribution in [2.75, 3.05) is 6.61 Å². The van der Waals surface area contributed by atoms with Crippen LogP contribution in [0.25, 0.3) is 16.9 Å². The summed E-state index contributed by atoms with van der Waals surface area (Å²) in [7, 11) is 0. The molecule has 0 atom stereocenters. The molecule has 3 heterocycles. The van der Waals surface area contributed by atoms with Crippen molar-refractivity contribution >= 4 is 17.3 Å². The third kappa shape index (κ3) is 3.43. The zero-order valence-electron chi connectivity index (χ0n) is 16.3. The molecule has 0 aliphatic rings. The zero-order chi connectivity index (χ0) is 20.4. The number of aromatic nitrogens is 2. The summed E-state index contributed by atoms with van der Waals surface area (Å²) in [6, 6.07) is 20.1. The Morgan fingerprint density at radius 2 is 1.79 bits per heavy atom. The van der Waals surface area contributed by atoms with Gasteiger partial charge < -0.3 is 9.14 Å². The molecule has 0 N–H and O–H groups in total. The third-order valence-electron chi connectivity index (χ3n) is 4.76. The van der Waals surface area contributed by atoms with Gasteiger partial charge in [-0.25, -0.2) is 4.79 Å². The predicted molar refractivity (Wildman–Crippen MR) is 111 cm³/mol. The van der Waals surface area contributed by atoms with Crippen molar-refractivity contribution in [2.45, 2.75) is 13.8 Å². The van der Waals surface area contributed by atoms with E-state index in [1.54, 1.807) is 35.7 Å². The Hall–Kier alpha value is -3.73. The van der Waals surface area contributed by atoms with E-state index >= 15 is 0 Å². The summed E-state index contributed by atoms with van der Waals surface area (Å²) in [6.45, 7) is 3.99. The van der Waals surface area contributed by atoms with Gasteiger partial charge in [0, 0.05) is 11.8 Å². The maximum Gasteiger partial charge on any atom is 0.340 e. The predicted octanol–water partition coefficient (Wildman–Crippen LogP) is 4.72. The number of benzene rings is 1. The molecular weight excluding hydrogens is 364 g/mol. The minimum atomic E-state index is -0.453. The lowest BCUT2D eigenvalue weighted by Crippen LogP contribution is -2.07. The van der Waals surface area contributed by atoms with Gasteiger partial charge in [-0.3, -0.25) is 9.78 Å². The van der Waals surface area contributed by atoms with E-state index in [4.69, 9.17) is 4.74 Å². The van der Waals surface area contributed by atoms with E-state index in [2.05, 4.69) is 4.98 Å². The Bertz CT molecular complexity index is 1190. The quantitative estimate of drug-likeness (QED) is 0.369. The van der Waals surface area contributed by atoms with Gasteiger partial charge >= 0.3 is 5.97 Å². The molecule has 0 amide bonds. The van der Waals surface area contributed by atoms with Crippen molar-refractivity contribution in [1.29, 1.82) is 0 Å². The number of rotatable bonds is 5. The van der Waals surface area contributed by atoms with Crippen LogP contribution in [-0.4, -0.2) is 27.7 Å². The normalized spacial score (nSPS) is 10.8. The Balaban J connectivity index is 1.98. The van der Waals surface area contributed by atoms with Gasteiger partial charge in [0.15, 0.2) is 0 Å². The number of carbonyl (C=O) groups is 2. The summed E-state index contributed by atoms with van der Waals surface area (Å²) >= 11 is 0. The maximum absolute atomic E-state index is 13.4. The van der Waals surface area contributed by atoms with Crippen molar-refractivity contribution in [3.8, 4) is 11.4 Å². The van der Waals surface area contributed by atoms with E-state index in [1.165, 1.54) is 0 Å². The molecule has 4 aromatic rings. The molecule has 144 valence electrons. The van der Waals surface area contributed by atoms with Crippen LogP contribution in [0.15, 0.2) is 72.9 Å². The van der Waals surface area contributed by atoms with E-state index in [0.717, 1.165) is 11.3 Å². The van der Waals surface area contributed by atoms with E-state index < -0.39 is 5.97 Å². The molecule has 1 aromatic carbocycles. The van der Waals surface area contributed by atoms with Crippen molar-refractivity contribution < 1.29 is 14.3 Å². The highest BCUT2D eigenvalue weighted by molar-refractivity contribution is 6.11. The number of hydrogen-bond donors (Lipinski definition) is 0. The summed E-state index contributed by atoms with van der Waals surface area (Å²) < 4.78 is 7.01. The molecule has 3 aromatic heterocycles. The van der Waals surface area contributed by atoms with Gasteiger partial charge in [-0.2, -0.15) is 0 Å². The lowest BCUT2D eigenvalue weighted by atomic mass is 10.1. The molecule has 0 aliphatic carbocycles. The van der Waals surface area contributed by atoms with Gasteiger partial charge in [0.05, 0.1) is 34.8 Å². The average molecular weight is 384 g/mol. The van der Waals surface area contributed by atoms with Gasteiger partial charge in [-0.1, -0.05) is 42.0 Å². The molecule has 5 heteroatoms. The average Bonchev–Trinajstić information content (AvgIpc) is 3.14. The molecule has 4 rings (SSSR count). The molecule has 0 saturated carbocycles. The highest BCUT2D eigenvalue weighted by Gasteiger charge is 2.23. The summed E-state index contributed by atoms with van der Waals surface area (Å²) in [6.07, 6.45) is 1.70. The number of ether oxygens (including phenoxy) is 1. The number of fused-ring (bicyclic) bond motifs is 1. The van der Waals surface area contributed by atoms with Crippen molar-refractivity contribution in [3.63, 3.8) is 0 Å². The molecule has 5 nitrogen and oxygen atoms in total. The van der Waals surface area contributed by atoms with E-state index in [0.29, 0.717) is 28.0 Å². The minimum Gasteiger partial charge on any atom is -0.462 e. The lowest BCUT2D eigenvalue weighted by Gasteiger charge is -2.10. The molecule has 0 radical (unpaired) electrons. The van der Waals surface area contributed by atoms with Crippen LogP contribution in [0.4, 0.5) is 0 Å². The van der Waals surface area contributed by atoms with Crippen LogP contribution in [-0.2, 0) is 4.74 Å². The number of carbonyl (C=O) groups excluding carboxylic acids is 2. The molecule has 29 heavy (non-hydrogen) atoms. The second-order valence-electron chi connectivity index (χ2n) is 6.71. The van der Waals surface area contributed by atoms with Crippen LogP contribution in [0, 0.1) is 6.92 Å². The van der Waals surface area contributed by atoms with Crippen molar-refractivity contribution in [3.05, 3.63) is 95.3 Å². The number of aryl methyl sites for hydroxylation is 1. The first-order chi connectivity index (χ1) is 14.1. The molecular formula is C24H20N2O3. The molecule has 0 unspecified atom stereocenters. The fourth-order valence-corrected chi connectivity index (χ4v) is 3.36. The Kier molecular flexibility index (Phi) is 4.96. The van der Waals surface area contributed by atoms with Gasteiger partial charge in [0.1, 0.15) is 0 Å². The first-order valence-corrected chi connectivity index (χ1v) is 9.44. The van der Waals surface area contributed by atoms with Crippen molar-refractivity contribution in [1.82, 2.24) is 9.38 Å².